The maximum Gasteiger partial charge on any atom is 0.261 e. The average molecular weight is 385 g/mol. The molecule has 0 fully saturated rings. The molecule has 2 amide bonds. The normalized spacial score (nSPS) is 11.7. The van der Waals surface area contributed by atoms with Crippen molar-refractivity contribution in [3.8, 4) is 0 Å². The van der Waals surface area contributed by atoms with Gasteiger partial charge < -0.3 is 10.6 Å². The first kappa shape index (κ1) is 18.4. The minimum atomic E-state index is -0.0816. The van der Waals surface area contributed by atoms with E-state index in [0.717, 1.165) is 12.0 Å². The molecule has 2 aromatic heterocycles. The van der Waals surface area contributed by atoms with Gasteiger partial charge in [0.1, 0.15) is 0 Å². The molecule has 26 heavy (non-hydrogen) atoms. The second-order valence-corrected chi connectivity index (χ2v) is 7.79. The quantitative estimate of drug-likeness (QED) is 0.644. The van der Waals surface area contributed by atoms with Crippen molar-refractivity contribution in [3.05, 3.63) is 80.2 Å². The maximum atomic E-state index is 12.3. The Morgan fingerprint density at radius 1 is 1.00 bits per heavy atom. The summed E-state index contributed by atoms with van der Waals surface area (Å²) >= 11 is 3.08. The Kier molecular flexibility index (Phi) is 6.20. The third-order valence-corrected chi connectivity index (χ3v) is 5.51. The molecular formula is C20H20N2O2S2. The van der Waals surface area contributed by atoms with Crippen LogP contribution in [-0.2, 0) is 13.0 Å². The molecule has 6 heteroatoms. The highest BCUT2D eigenvalue weighted by Gasteiger charge is 2.11. The molecule has 0 aliphatic heterocycles. The summed E-state index contributed by atoms with van der Waals surface area (Å²) in [5.41, 5.74) is 2.81. The fourth-order valence-electron chi connectivity index (χ4n) is 2.57. The van der Waals surface area contributed by atoms with E-state index in [1.54, 1.807) is 29.5 Å². The first-order chi connectivity index (χ1) is 12.6. The number of hydrogen-bond acceptors (Lipinski definition) is 4. The highest BCUT2D eigenvalue weighted by atomic mass is 32.1. The van der Waals surface area contributed by atoms with E-state index in [1.165, 1.54) is 16.9 Å². The Balaban J connectivity index is 1.50. The second kappa shape index (κ2) is 8.78. The molecule has 0 radical (unpaired) electrons. The third-order valence-electron chi connectivity index (χ3n) is 3.91. The molecule has 0 aliphatic carbocycles. The summed E-state index contributed by atoms with van der Waals surface area (Å²) in [5.74, 6) is -0.161. The maximum absolute atomic E-state index is 12.3. The Labute approximate surface area is 160 Å². The van der Waals surface area contributed by atoms with Gasteiger partial charge in [0, 0.05) is 18.2 Å². The first-order valence-corrected chi connectivity index (χ1v) is 10.2. The molecule has 0 saturated heterocycles. The van der Waals surface area contributed by atoms with Crippen molar-refractivity contribution in [1.29, 1.82) is 0 Å². The van der Waals surface area contributed by atoms with Crippen LogP contribution in [0.15, 0.2) is 58.6 Å². The number of benzene rings is 1. The summed E-state index contributed by atoms with van der Waals surface area (Å²) in [7, 11) is 0. The van der Waals surface area contributed by atoms with Crippen molar-refractivity contribution in [2.45, 2.75) is 25.9 Å². The van der Waals surface area contributed by atoms with E-state index in [9.17, 15) is 9.59 Å². The zero-order chi connectivity index (χ0) is 18.4. The van der Waals surface area contributed by atoms with Crippen LogP contribution >= 0.6 is 22.7 Å². The van der Waals surface area contributed by atoms with E-state index in [4.69, 9.17) is 0 Å². The third kappa shape index (κ3) is 5.03. The van der Waals surface area contributed by atoms with Crippen LogP contribution < -0.4 is 10.6 Å². The zero-order valence-electron chi connectivity index (χ0n) is 14.4. The van der Waals surface area contributed by atoms with Gasteiger partial charge in [-0.1, -0.05) is 18.2 Å². The molecule has 3 rings (SSSR count). The van der Waals surface area contributed by atoms with Gasteiger partial charge in [-0.05, 0) is 64.9 Å². The van der Waals surface area contributed by atoms with Gasteiger partial charge in [-0.2, -0.15) is 11.3 Å². The molecule has 0 spiro atoms. The Bertz CT molecular complexity index is 841. The predicted molar refractivity (Wildman–Crippen MR) is 107 cm³/mol. The van der Waals surface area contributed by atoms with Crippen LogP contribution in [0.1, 0.15) is 38.1 Å². The topological polar surface area (TPSA) is 58.2 Å². The van der Waals surface area contributed by atoms with Crippen molar-refractivity contribution < 1.29 is 9.59 Å². The van der Waals surface area contributed by atoms with Crippen LogP contribution in [0, 0.1) is 0 Å². The van der Waals surface area contributed by atoms with Crippen LogP contribution in [0.3, 0.4) is 0 Å². The second-order valence-electron chi connectivity index (χ2n) is 6.07. The van der Waals surface area contributed by atoms with Crippen molar-refractivity contribution in [3.63, 3.8) is 0 Å². The molecule has 2 N–H and O–H groups in total. The minimum Gasteiger partial charge on any atom is -0.349 e. The first-order valence-electron chi connectivity index (χ1n) is 8.34. The summed E-state index contributed by atoms with van der Waals surface area (Å²) in [6, 6.07) is 13.1. The van der Waals surface area contributed by atoms with Gasteiger partial charge in [0.15, 0.2) is 0 Å². The molecule has 1 unspecified atom stereocenters. The van der Waals surface area contributed by atoms with Crippen LogP contribution in [0.2, 0.25) is 0 Å². The smallest absolute Gasteiger partial charge is 0.261 e. The van der Waals surface area contributed by atoms with Gasteiger partial charge in [-0.3, -0.25) is 9.59 Å². The van der Waals surface area contributed by atoms with E-state index in [-0.39, 0.29) is 17.9 Å². The van der Waals surface area contributed by atoms with E-state index in [1.807, 2.05) is 35.9 Å². The van der Waals surface area contributed by atoms with Crippen molar-refractivity contribution in [2.75, 3.05) is 0 Å². The lowest BCUT2D eigenvalue weighted by Crippen LogP contribution is -2.34. The number of nitrogens with one attached hydrogen (secondary N) is 2. The molecule has 4 nitrogen and oxygen atoms in total. The largest absolute Gasteiger partial charge is 0.349 e. The zero-order valence-corrected chi connectivity index (χ0v) is 16.0. The minimum absolute atomic E-state index is 0.0712. The Morgan fingerprint density at radius 3 is 2.46 bits per heavy atom. The molecule has 1 aromatic carbocycles. The number of thiophene rings is 2. The molecule has 0 bridgehead atoms. The molecule has 0 aliphatic rings. The van der Waals surface area contributed by atoms with Gasteiger partial charge in [-0.15, -0.1) is 11.3 Å². The van der Waals surface area contributed by atoms with E-state index >= 15 is 0 Å². The molecule has 134 valence electrons. The summed E-state index contributed by atoms with van der Waals surface area (Å²) < 4.78 is 0. The van der Waals surface area contributed by atoms with E-state index in [2.05, 4.69) is 22.1 Å². The lowest BCUT2D eigenvalue weighted by molar-refractivity contribution is 0.0935. The van der Waals surface area contributed by atoms with Crippen LogP contribution in [-0.4, -0.2) is 17.9 Å². The number of carbonyl (C=O) groups excluding carboxylic acids is 2. The molecule has 1 atom stereocenters. The average Bonchev–Trinajstić information content (AvgIpc) is 3.33. The molecular weight excluding hydrogens is 364 g/mol. The van der Waals surface area contributed by atoms with E-state index < -0.39 is 0 Å². The predicted octanol–water partition coefficient (Wildman–Crippen LogP) is 4.10. The highest BCUT2D eigenvalue weighted by Crippen LogP contribution is 2.11. The summed E-state index contributed by atoms with van der Waals surface area (Å²) in [6.07, 6.45) is 0.822. The lowest BCUT2D eigenvalue weighted by atomic mass is 10.1. The van der Waals surface area contributed by atoms with Crippen molar-refractivity contribution in [1.82, 2.24) is 10.6 Å². The SMILES string of the molecule is CC(Cc1ccsc1)NC(=O)c1ccc(CNC(=O)c2cccs2)cc1. The monoisotopic (exact) mass is 384 g/mol. The molecule has 3 aromatic rings. The summed E-state index contributed by atoms with van der Waals surface area (Å²) in [5, 5.41) is 11.9. The van der Waals surface area contributed by atoms with E-state index in [0.29, 0.717) is 17.0 Å². The number of carbonyl (C=O) groups is 2. The molecule has 2 heterocycles. The number of amides is 2. The van der Waals surface area contributed by atoms with Gasteiger partial charge >= 0.3 is 0 Å². The van der Waals surface area contributed by atoms with Gasteiger partial charge in [0.05, 0.1) is 4.88 Å². The lowest BCUT2D eigenvalue weighted by Gasteiger charge is -2.13. The fourth-order valence-corrected chi connectivity index (χ4v) is 3.89. The van der Waals surface area contributed by atoms with Crippen molar-refractivity contribution in [2.24, 2.45) is 0 Å². The summed E-state index contributed by atoms with van der Waals surface area (Å²) in [6.45, 7) is 2.44. The van der Waals surface area contributed by atoms with Crippen molar-refractivity contribution >= 4 is 34.5 Å². The summed E-state index contributed by atoms with van der Waals surface area (Å²) in [4.78, 5) is 25.0. The Hall–Kier alpha value is -2.44. The van der Waals surface area contributed by atoms with Gasteiger partial charge in [0.25, 0.3) is 11.8 Å². The van der Waals surface area contributed by atoms with Crippen LogP contribution in [0.4, 0.5) is 0 Å². The Morgan fingerprint density at radius 2 is 1.81 bits per heavy atom. The fraction of sp³-hybridized carbons (Fsp3) is 0.200. The van der Waals surface area contributed by atoms with Gasteiger partial charge in [0.2, 0.25) is 0 Å². The van der Waals surface area contributed by atoms with Crippen LogP contribution in [0.25, 0.3) is 0 Å². The van der Waals surface area contributed by atoms with Crippen LogP contribution in [0.5, 0.6) is 0 Å². The number of hydrogen-bond donors (Lipinski definition) is 2. The highest BCUT2D eigenvalue weighted by molar-refractivity contribution is 7.12. The number of rotatable bonds is 7. The van der Waals surface area contributed by atoms with Gasteiger partial charge in [-0.25, -0.2) is 0 Å². The standard InChI is InChI=1S/C20H20N2O2S2/c1-14(11-16-8-10-25-13-16)22-19(23)17-6-4-15(5-7-17)12-21-20(24)18-3-2-9-26-18/h2-10,13-14H,11-12H2,1H3,(H,21,24)(H,22,23). The molecule has 0 saturated carbocycles.